The molecule has 0 saturated heterocycles. The van der Waals surface area contributed by atoms with Crippen molar-refractivity contribution in [3.05, 3.63) is 102 Å². The number of para-hydroxylation sites is 1. The number of nitrogens with zero attached hydrogens (tertiary/aromatic N) is 2. The maximum absolute atomic E-state index is 12.7. The van der Waals surface area contributed by atoms with Gasteiger partial charge in [-0.1, -0.05) is 30.3 Å². The average Bonchev–Trinajstić information content (AvgIpc) is 2.82. The second-order valence-corrected chi connectivity index (χ2v) is 7.00. The number of rotatable bonds is 6. The molecule has 0 aliphatic carbocycles. The molecule has 0 aliphatic heterocycles. The van der Waals surface area contributed by atoms with Crippen molar-refractivity contribution in [2.45, 2.75) is 6.04 Å². The number of hydrogen-bond acceptors (Lipinski definition) is 5. The second-order valence-electron chi connectivity index (χ2n) is 7.00. The number of anilines is 1. The van der Waals surface area contributed by atoms with Gasteiger partial charge in [-0.25, -0.2) is 0 Å². The van der Waals surface area contributed by atoms with Crippen molar-refractivity contribution >= 4 is 28.4 Å². The third kappa shape index (κ3) is 4.73. The fourth-order valence-electron chi connectivity index (χ4n) is 3.23. The van der Waals surface area contributed by atoms with E-state index in [9.17, 15) is 9.59 Å². The molecule has 0 saturated carbocycles. The summed E-state index contributed by atoms with van der Waals surface area (Å²) >= 11 is 0. The van der Waals surface area contributed by atoms with E-state index < -0.39 is 6.04 Å². The molecule has 0 fully saturated rings. The lowest BCUT2D eigenvalue weighted by Crippen LogP contribution is -2.32. The molecule has 1 atom stereocenters. The number of carbonyl (C=O) groups excluding carboxylic acids is 2. The Morgan fingerprint density at radius 2 is 1.61 bits per heavy atom. The number of aromatic nitrogens is 2. The predicted octanol–water partition coefficient (Wildman–Crippen LogP) is 3.31. The van der Waals surface area contributed by atoms with Crippen LogP contribution in [0.15, 0.2) is 85.3 Å². The van der Waals surface area contributed by atoms with Gasteiger partial charge in [0.15, 0.2) is 0 Å². The molecule has 0 radical (unpaired) electrons. The largest absolute Gasteiger partial charge is 0.350 e. The van der Waals surface area contributed by atoms with Crippen molar-refractivity contribution in [1.82, 2.24) is 15.3 Å². The van der Waals surface area contributed by atoms with Crippen LogP contribution in [0.2, 0.25) is 0 Å². The van der Waals surface area contributed by atoms with Crippen LogP contribution in [0.5, 0.6) is 0 Å². The van der Waals surface area contributed by atoms with Crippen LogP contribution in [0.25, 0.3) is 10.9 Å². The molecule has 0 bridgehead atoms. The Balaban J connectivity index is 1.38. The number of benzene rings is 2. The van der Waals surface area contributed by atoms with Gasteiger partial charge in [-0.15, -0.1) is 0 Å². The average molecular weight is 411 g/mol. The molecule has 31 heavy (non-hydrogen) atoms. The molecule has 0 spiro atoms. The molecule has 2 aromatic carbocycles. The zero-order valence-corrected chi connectivity index (χ0v) is 16.7. The number of nitrogens with one attached hydrogen (secondary N) is 2. The van der Waals surface area contributed by atoms with E-state index in [0.29, 0.717) is 16.8 Å². The quantitative estimate of drug-likeness (QED) is 0.451. The first-order valence-electron chi connectivity index (χ1n) is 9.81. The van der Waals surface area contributed by atoms with Gasteiger partial charge in [-0.05, 0) is 42.0 Å². The number of nitrogens with two attached hydrogens (primary N) is 1. The highest BCUT2D eigenvalue weighted by Crippen LogP contribution is 2.17. The van der Waals surface area contributed by atoms with Gasteiger partial charge in [0.1, 0.15) is 0 Å². The van der Waals surface area contributed by atoms with Gasteiger partial charge < -0.3 is 16.4 Å². The molecule has 7 nitrogen and oxygen atoms in total. The summed E-state index contributed by atoms with van der Waals surface area (Å²) in [7, 11) is 0. The first kappa shape index (κ1) is 20.2. The summed E-state index contributed by atoms with van der Waals surface area (Å²) < 4.78 is 0. The molecule has 1 unspecified atom stereocenters. The van der Waals surface area contributed by atoms with Crippen LogP contribution in [-0.4, -0.2) is 28.3 Å². The number of fused-ring (bicyclic) bond motifs is 1. The lowest BCUT2D eigenvalue weighted by atomic mass is 10.0. The van der Waals surface area contributed by atoms with E-state index in [1.165, 1.54) is 0 Å². The van der Waals surface area contributed by atoms with Gasteiger partial charge in [0.25, 0.3) is 11.8 Å². The Morgan fingerprint density at radius 1 is 0.871 bits per heavy atom. The SMILES string of the molecule is NC(CNC(=O)c1ccnc2ccccc12)c1ccc(C(=O)Nc2ccncc2)cc1. The van der Waals surface area contributed by atoms with Gasteiger partial charge in [0.2, 0.25) is 0 Å². The summed E-state index contributed by atoms with van der Waals surface area (Å²) in [4.78, 5) is 33.2. The van der Waals surface area contributed by atoms with Crippen LogP contribution in [0.1, 0.15) is 32.3 Å². The smallest absolute Gasteiger partial charge is 0.255 e. The predicted molar refractivity (Wildman–Crippen MR) is 120 cm³/mol. The molecule has 2 aromatic heterocycles. The summed E-state index contributed by atoms with van der Waals surface area (Å²) in [6, 6.07) is 19.2. The molecule has 7 heteroatoms. The highest BCUT2D eigenvalue weighted by atomic mass is 16.2. The maximum Gasteiger partial charge on any atom is 0.255 e. The maximum atomic E-state index is 12.7. The first-order chi connectivity index (χ1) is 15.1. The monoisotopic (exact) mass is 411 g/mol. The lowest BCUT2D eigenvalue weighted by molar-refractivity contribution is 0.0952. The van der Waals surface area contributed by atoms with E-state index in [2.05, 4.69) is 20.6 Å². The van der Waals surface area contributed by atoms with Crippen molar-refractivity contribution in [3.8, 4) is 0 Å². The molecule has 2 heterocycles. The van der Waals surface area contributed by atoms with Crippen LogP contribution in [0.4, 0.5) is 5.69 Å². The lowest BCUT2D eigenvalue weighted by Gasteiger charge is -2.14. The zero-order valence-electron chi connectivity index (χ0n) is 16.7. The van der Waals surface area contributed by atoms with Gasteiger partial charge >= 0.3 is 0 Å². The number of hydrogen-bond donors (Lipinski definition) is 3. The minimum Gasteiger partial charge on any atom is -0.350 e. The minimum absolute atomic E-state index is 0.206. The van der Waals surface area contributed by atoms with E-state index in [0.717, 1.165) is 16.5 Å². The third-order valence-electron chi connectivity index (χ3n) is 4.92. The fraction of sp³-hybridized carbons (Fsp3) is 0.0833. The van der Waals surface area contributed by atoms with Crippen LogP contribution in [0, 0.1) is 0 Å². The van der Waals surface area contributed by atoms with Crippen LogP contribution < -0.4 is 16.4 Å². The van der Waals surface area contributed by atoms with Crippen molar-refractivity contribution < 1.29 is 9.59 Å². The summed E-state index contributed by atoms with van der Waals surface area (Å²) in [6.45, 7) is 0.262. The Hall–Kier alpha value is -4.10. The normalized spacial score (nSPS) is 11.6. The number of amides is 2. The van der Waals surface area contributed by atoms with Crippen LogP contribution in [-0.2, 0) is 0 Å². The van der Waals surface area contributed by atoms with E-state index >= 15 is 0 Å². The summed E-state index contributed by atoms with van der Waals surface area (Å²) in [6.07, 6.45) is 4.84. The van der Waals surface area contributed by atoms with Gasteiger partial charge in [0, 0.05) is 47.8 Å². The number of carbonyl (C=O) groups is 2. The van der Waals surface area contributed by atoms with Crippen LogP contribution >= 0.6 is 0 Å². The highest BCUT2D eigenvalue weighted by molar-refractivity contribution is 6.06. The van der Waals surface area contributed by atoms with Crippen molar-refractivity contribution in [1.29, 1.82) is 0 Å². The Bertz CT molecular complexity index is 1200. The standard InChI is InChI=1S/C24H21N5O2/c25-21(15-28-24(31)20-11-14-27-22-4-2-1-3-19(20)22)16-5-7-17(8-6-16)23(30)29-18-9-12-26-13-10-18/h1-14,21H,15,25H2,(H,28,31)(H,26,29,30). The molecule has 0 aliphatic rings. The van der Waals surface area contributed by atoms with E-state index in [-0.39, 0.29) is 18.4 Å². The van der Waals surface area contributed by atoms with E-state index in [1.54, 1.807) is 61.1 Å². The van der Waals surface area contributed by atoms with E-state index in [4.69, 9.17) is 5.73 Å². The fourth-order valence-corrected chi connectivity index (χ4v) is 3.23. The summed E-state index contributed by atoms with van der Waals surface area (Å²) in [5.41, 5.74) is 9.58. The van der Waals surface area contributed by atoms with E-state index in [1.807, 2.05) is 24.3 Å². The van der Waals surface area contributed by atoms with Gasteiger partial charge in [-0.3, -0.25) is 19.6 Å². The molecule has 4 N–H and O–H groups in total. The van der Waals surface area contributed by atoms with Crippen molar-refractivity contribution in [2.75, 3.05) is 11.9 Å². The van der Waals surface area contributed by atoms with Gasteiger partial charge in [0.05, 0.1) is 11.1 Å². The van der Waals surface area contributed by atoms with Gasteiger partial charge in [-0.2, -0.15) is 0 Å². The minimum atomic E-state index is -0.408. The Morgan fingerprint density at radius 3 is 2.39 bits per heavy atom. The Kier molecular flexibility index (Phi) is 5.96. The molecule has 4 rings (SSSR count). The number of pyridine rings is 2. The summed E-state index contributed by atoms with van der Waals surface area (Å²) in [5.74, 6) is -0.424. The second kappa shape index (κ2) is 9.15. The third-order valence-corrected chi connectivity index (χ3v) is 4.92. The molecular formula is C24H21N5O2. The molecule has 4 aromatic rings. The highest BCUT2D eigenvalue weighted by Gasteiger charge is 2.13. The topological polar surface area (TPSA) is 110 Å². The first-order valence-corrected chi connectivity index (χ1v) is 9.81. The molecule has 2 amide bonds. The zero-order chi connectivity index (χ0) is 21.6. The molecular weight excluding hydrogens is 390 g/mol. The summed E-state index contributed by atoms with van der Waals surface area (Å²) in [5, 5.41) is 6.48. The Labute approximate surface area is 179 Å². The molecule has 154 valence electrons. The van der Waals surface area contributed by atoms with Crippen molar-refractivity contribution in [3.63, 3.8) is 0 Å². The van der Waals surface area contributed by atoms with Crippen molar-refractivity contribution in [2.24, 2.45) is 5.73 Å². The van der Waals surface area contributed by atoms with Crippen LogP contribution in [0.3, 0.4) is 0 Å².